The first-order valence-electron chi connectivity index (χ1n) is 8.51. The van der Waals surface area contributed by atoms with Crippen molar-refractivity contribution in [3.05, 3.63) is 34.9 Å². The Labute approximate surface area is 133 Å². The topological polar surface area (TPSA) is 35.6 Å². The van der Waals surface area contributed by atoms with E-state index < -0.39 is 0 Å². The van der Waals surface area contributed by atoms with Crippen LogP contribution < -0.4 is 5.32 Å². The number of hydrogen-bond acceptors (Lipinski definition) is 3. The Morgan fingerprint density at radius 3 is 2.82 bits per heavy atom. The van der Waals surface area contributed by atoms with Crippen molar-refractivity contribution in [1.29, 1.82) is 0 Å². The van der Waals surface area contributed by atoms with Crippen molar-refractivity contribution in [1.82, 2.24) is 15.1 Å². The van der Waals surface area contributed by atoms with Crippen molar-refractivity contribution in [2.45, 2.75) is 39.3 Å². The van der Waals surface area contributed by atoms with Crippen LogP contribution in [0.3, 0.4) is 0 Å². The first kappa shape index (κ1) is 15.5. The highest BCUT2D eigenvalue weighted by Gasteiger charge is 2.22. The maximum Gasteiger partial charge on any atom is 0.253 e. The molecule has 1 amide bonds. The summed E-state index contributed by atoms with van der Waals surface area (Å²) in [5.41, 5.74) is 3.53. The second-order valence-electron chi connectivity index (χ2n) is 6.69. The first-order chi connectivity index (χ1) is 10.6. The third-order valence-electron chi connectivity index (χ3n) is 4.89. The van der Waals surface area contributed by atoms with Crippen LogP contribution in [0.1, 0.15) is 41.8 Å². The number of fused-ring (bicyclic) bond motifs is 1. The van der Waals surface area contributed by atoms with Crippen LogP contribution in [0.25, 0.3) is 0 Å². The van der Waals surface area contributed by atoms with Gasteiger partial charge in [0, 0.05) is 44.3 Å². The molecule has 0 bridgehead atoms. The molecule has 0 unspecified atom stereocenters. The van der Waals surface area contributed by atoms with E-state index in [-0.39, 0.29) is 5.91 Å². The van der Waals surface area contributed by atoms with Gasteiger partial charge in [0.15, 0.2) is 0 Å². The van der Waals surface area contributed by atoms with Crippen molar-refractivity contribution in [3.63, 3.8) is 0 Å². The molecule has 3 rings (SSSR count). The first-order valence-corrected chi connectivity index (χ1v) is 8.51. The van der Waals surface area contributed by atoms with Gasteiger partial charge in [-0.1, -0.05) is 6.07 Å². The number of carbonyl (C=O) groups is 1. The molecule has 4 nitrogen and oxygen atoms in total. The fourth-order valence-electron chi connectivity index (χ4n) is 3.45. The monoisotopic (exact) mass is 301 g/mol. The van der Waals surface area contributed by atoms with Crippen LogP contribution in [0.5, 0.6) is 0 Å². The molecular formula is C18H27N3O. The summed E-state index contributed by atoms with van der Waals surface area (Å²) < 4.78 is 0. The summed E-state index contributed by atoms with van der Waals surface area (Å²) in [4.78, 5) is 17.3. The van der Waals surface area contributed by atoms with E-state index >= 15 is 0 Å². The van der Waals surface area contributed by atoms with Crippen LogP contribution >= 0.6 is 0 Å². The van der Waals surface area contributed by atoms with Crippen LogP contribution in [0.2, 0.25) is 0 Å². The summed E-state index contributed by atoms with van der Waals surface area (Å²) in [5.74, 6) is 0.201. The zero-order chi connectivity index (χ0) is 15.5. The molecule has 0 spiro atoms. The van der Waals surface area contributed by atoms with Gasteiger partial charge in [-0.25, -0.2) is 0 Å². The molecule has 1 aromatic carbocycles. The molecule has 0 radical (unpaired) electrons. The van der Waals surface area contributed by atoms with Gasteiger partial charge in [0.25, 0.3) is 5.91 Å². The van der Waals surface area contributed by atoms with Crippen molar-refractivity contribution >= 4 is 5.91 Å². The van der Waals surface area contributed by atoms with E-state index in [9.17, 15) is 4.79 Å². The SMILES string of the molecule is CC(C)N1CCCN(C(=O)c2ccc3c(c2)CCNC3)CC1. The molecule has 2 aliphatic rings. The minimum atomic E-state index is 0.201. The zero-order valence-electron chi connectivity index (χ0n) is 13.8. The number of hydrogen-bond donors (Lipinski definition) is 1. The highest BCUT2D eigenvalue weighted by Crippen LogP contribution is 2.18. The molecular weight excluding hydrogens is 274 g/mol. The second kappa shape index (κ2) is 6.80. The highest BCUT2D eigenvalue weighted by molar-refractivity contribution is 5.94. The molecule has 1 fully saturated rings. The highest BCUT2D eigenvalue weighted by atomic mass is 16.2. The molecule has 2 heterocycles. The molecule has 1 aromatic rings. The molecule has 0 atom stereocenters. The summed E-state index contributed by atoms with van der Waals surface area (Å²) in [7, 11) is 0. The quantitative estimate of drug-likeness (QED) is 0.906. The minimum absolute atomic E-state index is 0.201. The smallest absolute Gasteiger partial charge is 0.253 e. The van der Waals surface area contributed by atoms with E-state index in [0.29, 0.717) is 6.04 Å². The number of nitrogens with zero attached hydrogens (tertiary/aromatic N) is 2. The predicted molar refractivity (Wildman–Crippen MR) is 89.1 cm³/mol. The summed E-state index contributed by atoms with van der Waals surface area (Å²) in [5, 5.41) is 3.38. The molecule has 0 aliphatic carbocycles. The molecule has 2 aliphatic heterocycles. The van der Waals surface area contributed by atoms with Crippen LogP contribution in [-0.4, -0.2) is 54.5 Å². The maximum atomic E-state index is 12.8. The van der Waals surface area contributed by atoms with Gasteiger partial charge in [-0.05, 0) is 56.5 Å². The Bertz CT molecular complexity index is 541. The molecule has 4 heteroatoms. The summed E-state index contributed by atoms with van der Waals surface area (Å²) in [6.07, 6.45) is 2.09. The lowest BCUT2D eigenvalue weighted by Crippen LogP contribution is -2.37. The molecule has 0 saturated carbocycles. The number of rotatable bonds is 2. The summed E-state index contributed by atoms with van der Waals surface area (Å²) in [6.45, 7) is 10.2. The molecule has 22 heavy (non-hydrogen) atoms. The van der Waals surface area contributed by atoms with Crippen LogP contribution in [0, 0.1) is 0 Å². The Morgan fingerprint density at radius 1 is 1.14 bits per heavy atom. The van der Waals surface area contributed by atoms with E-state index in [0.717, 1.165) is 57.7 Å². The van der Waals surface area contributed by atoms with Gasteiger partial charge >= 0.3 is 0 Å². The van der Waals surface area contributed by atoms with Gasteiger partial charge in [0.05, 0.1) is 0 Å². The van der Waals surface area contributed by atoms with Gasteiger partial charge in [-0.2, -0.15) is 0 Å². The van der Waals surface area contributed by atoms with Gasteiger partial charge in [-0.3, -0.25) is 9.69 Å². The third kappa shape index (κ3) is 3.33. The Kier molecular flexibility index (Phi) is 4.79. The number of nitrogens with one attached hydrogen (secondary N) is 1. The van der Waals surface area contributed by atoms with Crippen molar-refractivity contribution in [2.75, 3.05) is 32.7 Å². The summed E-state index contributed by atoms with van der Waals surface area (Å²) in [6, 6.07) is 6.79. The largest absolute Gasteiger partial charge is 0.337 e. The fraction of sp³-hybridized carbons (Fsp3) is 0.611. The van der Waals surface area contributed by atoms with E-state index in [2.05, 4.69) is 36.2 Å². The lowest BCUT2D eigenvalue weighted by Gasteiger charge is -2.25. The average Bonchev–Trinajstić information content (AvgIpc) is 2.80. The summed E-state index contributed by atoms with van der Waals surface area (Å²) >= 11 is 0. The molecule has 120 valence electrons. The number of carbonyl (C=O) groups excluding carboxylic acids is 1. The van der Waals surface area contributed by atoms with Gasteiger partial charge in [0.2, 0.25) is 0 Å². The van der Waals surface area contributed by atoms with Crippen molar-refractivity contribution in [3.8, 4) is 0 Å². The molecule has 1 N–H and O–H groups in total. The third-order valence-corrected chi connectivity index (χ3v) is 4.89. The number of amides is 1. The van der Waals surface area contributed by atoms with E-state index in [1.54, 1.807) is 0 Å². The average molecular weight is 301 g/mol. The Balaban J connectivity index is 1.71. The normalized spacial score (nSPS) is 19.9. The minimum Gasteiger partial charge on any atom is -0.337 e. The Hall–Kier alpha value is -1.39. The van der Waals surface area contributed by atoms with E-state index in [4.69, 9.17) is 0 Å². The van der Waals surface area contributed by atoms with Crippen molar-refractivity contribution in [2.24, 2.45) is 0 Å². The maximum absolute atomic E-state index is 12.8. The van der Waals surface area contributed by atoms with Gasteiger partial charge in [-0.15, -0.1) is 0 Å². The Morgan fingerprint density at radius 2 is 2.00 bits per heavy atom. The molecule has 0 aromatic heterocycles. The number of benzene rings is 1. The fourth-order valence-corrected chi connectivity index (χ4v) is 3.45. The zero-order valence-corrected chi connectivity index (χ0v) is 13.8. The van der Waals surface area contributed by atoms with Crippen LogP contribution in [-0.2, 0) is 13.0 Å². The van der Waals surface area contributed by atoms with Crippen molar-refractivity contribution < 1.29 is 4.79 Å². The van der Waals surface area contributed by atoms with Gasteiger partial charge < -0.3 is 10.2 Å². The lowest BCUT2D eigenvalue weighted by atomic mass is 9.98. The van der Waals surface area contributed by atoms with E-state index in [1.165, 1.54) is 11.1 Å². The second-order valence-corrected chi connectivity index (χ2v) is 6.69. The van der Waals surface area contributed by atoms with Crippen LogP contribution in [0.15, 0.2) is 18.2 Å². The van der Waals surface area contributed by atoms with Gasteiger partial charge in [0.1, 0.15) is 0 Å². The van der Waals surface area contributed by atoms with E-state index in [1.807, 2.05) is 11.0 Å². The van der Waals surface area contributed by atoms with Crippen LogP contribution in [0.4, 0.5) is 0 Å². The predicted octanol–water partition coefficient (Wildman–Crippen LogP) is 1.89. The lowest BCUT2D eigenvalue weighted by molar-refractivity contribution is 0.0759. The molecule has 1 saturated heterocycles. The standard InChI is InChI=1S/C18H27N3O/c1-14(2)20-8-3-9-21(11-10-20)18(22)16-4-5-17-13-19-7-6-15(17)12-16/h4-5,12,14,19H,3,6-11,13H2,1-2H3.